The molecule has 0 unspecified atom stereocenters. The second kappa shape index (κ2) is 8.06. The van der Waals surface area contributed by atoms with Crippen molar-refractivity contribution in [2.24, 2.45) is 0 Å². The van der Waals surface area contributed by atoms with E-state index in [-0.39, 0.29) is 5.91 Å². The summed E-state index contributed by atoms with van der Waals surface area (Å²) in [6.45, 7) is 0. The Morgan fingerprint density at radius 3 is 2.75 bits per heavy atom. The average molecular weight is 241 g/mol. The third kappa shape index (κ3) is 5.67. The molecule has 0 aliphatic carbocycles. The number of nitrogens with one attached hydrogen (secondary N) is 1. The predicted octanol–water partition coefficient (Wildman–Crippen LogP) is 1.63. The van der Waals surface area contributed by atoms with Gasteiger partial charge in [0.15, 0.2) is 5.16 Å². The highest BCUT2D eigenvalue weighted by molar-refractivity contribution is 7.99. The molecule has 0 atom stereocenters. The minimum absolute atomic E-state index is 0.320. The molecule has 1 heterocycles. The molecule has 0 fully saturated rings. The van der Waals surface area contributed by atoms with Crippen LogP contribution in [0, 0.1) is 0 Å². The van der Waals surface area contributed by atoms with E-state index in [4.69, 9.17) is 5.21 Å². The molecule has 2 N–H and O–H groups in total. The van der Waals surface area contributed by atoms with Gasteiger partial charge in [-0.3, -0.25) is 10.0 Å². The molecule has 0 saturated heterocycles. The van der Waals surface area contributed by atoms with Crippen LogP contribution in [-0.4, -0.2) is 26.8 Å². The summed E-state index contributed by atoms with van der Waals surface area (Å²) in [7, 11) is 0. The number of amides is 1. The van der Waals surface area contributed by atoms with E-state index in [2.05, 4.69) is 9.97 Å². The summed E-state index contributed by atoms with van der Waals surface area (Å²) in [6.07, 6.45) is 6.60. The van der Waals surface area contributed by atoms with Gasteiger partial charge in [0, 0.05) is 24.6 Å². The maximum absolute atomic E-state index is 10.7. The third-order valence-electron chi connectivity index (χ3n) is 1.95. The van der Waals surface area contributed by atoms with E-state index in [0.29, 0.717) is 6.42 Å². The number of aromatic nitrogens is 2. The first-order chi connectivity index (χ1) is 7.83. The van der Waals surface area contributed by atoms with Crippen molar-refractivity contribution in [3.63, 3.8) is 0 Å². The quantitative estimate of drug-likeness (QED) is 0.249. The molecule has 0 aromatic carbocycles. The second-order valence-corrected chi connectivity index (χ2v) is 4.29. The van der Waals surface area contributed by atoms with E-state index in [0.717, 1.165) is 30.2 Å². The lowest BCUT2D eigenvalue weighted by molar-refractivity contribution is -0.129. The normalized spacial score (nSPS) is 10.1. The smallest absolute Gasteiger partial charge is 0.243 e. The highest BCUT2D eigenvalue weighted by Crippen LogP contribution is 2.14. The summed E-state index contributed by atoms with van der Waals surface area (Å²) in [6, 6.07) is 1.79. The van der Waals surface area contributed by atoms with Gasteiger partial charge in [-0.2, -0.15) is 0 Å². The Labute approximate surface area is 98.6 Å². The topological polar surface area (TPSA) is 75.1 Å². The molecule has 5 nitrogen and oxygen atoms in total. The Bertz CT molecular complexity index is 308. The first-order valence-corrected chi connectivity index (χ1v) is 6.14. The molecule has 6 heteroatoms. The molecule has 1 amide bonds. The fourth-order valence-electron chi connectivity index (χ4n) is 1.14. The summed E-state index contributed by atoms with van der Waals surface area (Å²) in [4.78, 5) is 18.9. The molecule has 1 aromatic heterocycles. The van der Waals surface area contributed by atoms with Crippen LogP contribution in [0.25, 0.3) is 0 Å². The van der Waals surface area contributed by atoms with Gasteiger partial charge in [0.25, 0.3) is 0 Å². The van der Waals surface area contributed by atoms with Crippen LogP contribution in [0.15, 0.2) is 23.6 Å². The van der Waals surface area contributed by atoms with E-state index in [1.54, 1.807) is 35.7 Å². The molecular weight excluding hydrogens is 226 g/mol. The third-order valence-corrected chi connectivity index (χ3v) is 2.91. The van der Waals surface area contributed by atoms with Gasteiger partial charge in [0.2, 0.25) is 5.91 Å². The zero-order valence-electron chi connectivity index (χ0n) is 8.93. The first kappa shape index (κ1) is 12.9. The number of hydroxylamine groups is 1. The van der Waals surface area contributed by atoms with Gasteiger partial charge in [-0.1, -0.05) is 18.2 Å². The Morgan fingerprint density at radius 2 is 2.06 bits per heavy atom. The minimum atomic E-state index is -0.320. The first-order valence-electron chi connectivity index (χ1n) is 5.15. The van der Waals surface area contributed by atoms with E-state index in [1.807, 2.05) is 0 Å². The fraction of sp³-hybridized carbons (Fsp3) is 0.500. The van der Waals surface area contributed by atoms with Crippen LogP contribution in [0.4, 0.5) is 0 Å². The van der Waals surface area contributed by atoms with Gasteiger partial charge < -0.3 is 0 Å². The van der Waals surface area contributed by atoms with Crippen molar-refractivity contribution < 1.29 is 10.0 Å². The number of nitrogens with zero attached hydrogens (tertiary/aromatic N) is 2. The van der Waals surface area contributed by atoms with Crippen LogP contribution >= 0.6 is 11.8 Å². The van der Waals surface area contributed by atoms with Gasteiger partial charge in [0.05, 0.1) is 0 Å². The van der Waals surface area contributed by atoms with Crippen molar-refractivity contribution in [2.45, 2.75) is 30.8 Å². The van der Waals surface area contributed by atoms with Crippen molar-refractivity contribution in [1.29, 1.82) is 0 Å². The molecule has 1 rings (SSSR count). The number of carbonyl (C=O) groups excluding carboxylic acids is 1. The van der Waals surface area contributed by atoms with Crippen LogP contribution in [-0.2, 0) is 4.79 Å². The van der Waals surface area contributed by atoms with Crippen molar-refractivity contribution in [3.8, 4) is 0 Å². The number of carbonyl (C=O) groups is 1. The molecule has 0 aliphatic rings. The van der Waals surface area contributed by atoms with Crippen molar-refractivity contribution in [1.82, 2.24) is 15.4 Å². The molecule has 0 saturated carbocycles. The van der Waals surface area contributed by atoms with Crippen LogP contribution in [0.3, 0.4) is 0 Å². The number of rotatable bonds is 7. The van der Waals surface area contributed by atoms with Gasteiger partial charge in [0.1, 0.15) is 0 Å². The molecule has 0 aliphatic heterocycles. The van der Waals surface area contributed by atoms with Gasteiger partial charge in [-0.05, 0) is 18.9 Å². The van der Waals surface area contributed by atoms with Crippen LogP contribution < -0.4 is 5.48 Å². The highest BCUT2D eigenvalue weighted by Gasteiger charge is 1.99. The Balaban J connectivity index is 1.98. The number of hydrogen-bond acceptors (Lipinski definition) is 5. The van der Waals surface area contributed by atoms with Crippen molar-refractivity contribution in [2.75, 3.05) is 5.75 Å². The molecule has 16 heavy (non-hydrogen) atoms. The Kier molecular flexibility index (Phi) is 6.52. The van der Waals surface area contributed by atoms with Gasteiger partial charge >= 0.3 is 0 Å². The van der Waals surface area contributed by atoms with Gasteiger partial charge in [-0.15, -0.1) is 0 Å². The van der Waals surface area contributed by atoms with E-state index >= 15 is 0 Å². The number of hydrogen-bond donors (Lipinski definition) is 2. The largest absolute Gasteiger partial charge is 0.289 e. The predicted molar refractivity (Wildman–Crippen MR) is 61.2 cm³/mol. The SMILES string of the molecule is O=C(CCCCCSc1ncccn1)NO. The van der Waals surface area contributed by atoms with Crippen LogP contribution in [0.1, 0.15) is 25.7 Å². The molecule has 88 valence electrons. The van der Waals surface area contributed by atoms with Crippen LogP contribution in [0.2, 0.25) is 0 Å². The van der Waals surface area contributed by atoms with E-state index in [1.165, 1.54) is 0 Å². The molecule has 0 bridgehead atoms. The van der Waals surface area contributed by atoms with E-state index < -0.39 is 0 Å². The standard InChI is InChI=1S/C10H15N3O2S/c14-9(13-15)5-2-1-3-8-16-10-11-6-4-7-12-10/h4,6-7,15H,1-3,5,8H2,(H,13,14). The fourth-order valence-corrected chi connectivity index (χ4v) is 1.95. The van der Waals surface area contributed by atoms with Crippen LogP contribution in [0.5, 0.6) is 0 Å². The van der Waals surface area contributed by atoms with Crippen molar-refractivity contribution >= 4 is 17.7 Å². The summed E-state index contributed by atoms with van der Waals surface area (Å²) >= 11 is 1.61. The molecule has 0 spiro atoms. The maximum atomic E-state index is 10.7. The zero-order valence-corrected chi connectivity index (χ0v) is 9.74. The lowest BCUT2D eigenvalue weighted by atomic mass is 10.2. The lowest BCUT2D eigenvalue weighted by Crippen LogP contribution is -2.17. The number of thioether (sulfide) groups is 1. The maximum Gasteiger partial charge on any atom is 0.243 e. The summed E-state index contributed by atoms with van der Waals surface area (Å²) < 4.78 is 0. The van der Waals surface area contributed by atoms with E-state index in [9.17, 15) is 4.79 Å². The Hall–Kier alpha value is -1.14. The van der Waals surface area contributed by atoms with Gasteiger partial charge in [-0.25, -0.2) is 15.4 Å². The highest BCUT2D eigenvalue weighted by atomic mass is 32.2. The summed E-state index contributed by atoms with van der Waals surface area (Å²) in [5.74, 6) is 0.629. The minimum Gasteiger partial charge on any atom is -0.289 e. The summed E-state index contributed by atoms with van der Waals surface area (Å²) in [5.41, 5.74) is 1.62. The summed E-state index contributed by atoms with van der Waals surface area (Å²) in [5, 5.41) is 9.05. The monoisotopic (exact) mass is 241 g/mol. The average Bonchev–Trinajstić information content (AvgIpc) is 2.34. The second-order valence-electron chi connectivity index (χ2n) is 3.23. The zero-order chi connectivity index (χ0) is 11.6. The molecular formula is C10H15N3O2S. The van der Waals surface area contributed by atoms with Crippen molar-refractivity contribution in [3.05, 3.63) is 18.5 Å². The Morgan fingerprint density at radius 1 is 1.31 bits per heavy atom. The lowest BCUT2D eigenvalue weighted by Gasteiger charge is -2.00. The number of unbranched alkanes of at least 4 members (excludes halogenated alkanes) is 2. The molecule has 0 radical (unpaired) electrons. The molecule has 1 aromatic rings.